The van der Waals surface area contributed by atoms with E-state index < -0.39 is 10.8 Å². The van der Waals surface area contributed by atoms with E-state index in [4.69, 9.17) is 0 Å². The molecular weight excluding hydrogens is 240 g/mol. The minimum atomic E-state index is -0.716. The minimum Gasteiger partial charge on any atom is -0.304 e. The molecule has 2 heterocycles. The van der Waals surface area contributed by atoms with Gasteiger partial charge in [0.25, 0.3) is 5.91 Å². The number of aromatic nitrogens is 4. The van der Waals surface area contributed by atoms with Gasteiger partial charge in [-0.15, -0.1) is 0 Å². The zero-order valence-corrected chi connectivity index (χ0v) is 9.25. The summed E-state index contributed by atoms with van der Waals surface area (Å²) in [4.78, 5) is 29.5. The topological polar surface area (TPSA) is 127 Å². The number of rotatable bonds is 3. The van der Waals surface area contributed by atoms with E-state index in [9.17, 15) is 14.9 Å². The number of nitrogens with one attached hydrogen (secondary N) is 2. The Balaban J connectivity index is 2.27. The largest absolute Gasteiger partial charge is 0.322 e. The smallest absolute Gasteiger partial charge is 0.304 e. The molecule has 0 bridgehead atoms. The Kier molecular flexibility index (Phi) is 2.96. The lowest BCUT2D eigenvalue weighted by Gasteiger charge is -2.00. The molecule has 0 radical (unpaired) electrons. The first-order valence-electron chi connectivity index (χ1n) is 4.86. The van der Waals surface area contributed by atoms with Gasteiger partial charge in [0.2, 0.25) is 5.69 Å². The van der Waals surface area contributed by atoms with Crippen LogP contribution in [0.4, 0.5) is 11.5 Å². The van der Waals surface area contributed by atoms with Gasteiger partial charge in [-0.1, -0.05) is 0 Å². The fourth-order valence-corrected chi connectivity index (χ4v) is 1.34. The molecule has 9 heteroatoms. The highest BCUT2D eigenvalue weighted by Gasteiger charge is 2.27. The third-order valence-corrected chi connectivity index (χ3v) is 2.12. The number of aryl methyl sites for hydroxylation is 1. The number of aromatic amines is 1. The third-order valence-electron chi connectivity index (χ3n) is 2.12. The van der Waals surface area contributed by atoms with Crippen LogP contribution in [0.15, 0.2) is 18.6 Å². The summed E-state index contributed by atoms with van der Waals surface area (Å²) >= 11 is 0. The molecule has 9 nitrogen and oxygen atoms in total. The summed E-state index contributed by atoms with van der Waals surface area (Å²) in [7, 11) is 0. The van der Waals surface area contributed by atoms with E-state index in [0.29, 0.717) is 0 Å². The first kappa shape index (κ1) is 11.6. The van der Waals surface area contributed by atoms with Gasteiger partial charge in [-0.25, -0.2) is 4.98 Å². The van der Waals surface area contributed by atoms with Crippen LogP contribution < -0.4 is 5.32 Å². The van der Waals surface area contributed by atoms with E-state index in [1.54, 1.807) is 0 Å². The van der Waals surface area contributed by atoms with Crippen LogP contribution in [0.3, 0.4) is 0 Å². The summed E-state index contributed by atoms with van der Waals surface area (Å²) in [6.45, 7) is 1.46. The molecule has 0 atom stereocenters. The van der Waals surface area contributed by atoms with Gasteiger partial charge in [0.15, 0.2) is 5.82 Å². The van der Waals surface area contributed by atoms with Crippen LogP contribution in [-0.4, -0.2) is 31.0 Å². The Morgan fingerprint density at radius 2 is 2.28 bits per heavy atom. The molecule has 0 fully saturated rings. The van der Waals surface area contributed by atoms with E-state index in [0.717, 1.165) is 0 Å². The van der Waals surface area contributed by atoms with Crippen LogP contribution in [0, 0.1) is 17.0 Å². The highest BCUT2D eigenvalue weighted by Crippen LogP contribution is 2.20. The Morgan fingerprint density at radius 1 is 1.50 bits per heavy atom. The van der Waals surface area contributed by atoms with Gasteiger partial charge in [-0.05, 0) is 6.92 Å². The van der Waals surface area contributed by atoms with Gasteiger partial charge >= 0.3 is 5.69 Å². The fraction of sp³-hybridized carbons (Fsp3) is 0.111. The molecular formula is C9H8N6O3. The molecule has 92 valence electrons. The van der Waals surface area contributed by atoms with Crippen molar-refractivity contribution in [3.8, 4) is 0 Å². The van der Waals surface area contributed by atoms with Crippen molar-refractivity contribution in [3.05, 3.63) is 40.1 Å². The second-order valence-corrected chi connectivity index (χ2v) is 3.35. The summed E-state index contributed by atoms with van der Waals surface area (Å²) in [5, 5.41) is 19.2. The van der Waals surface area contributed by atoms with Crippen molar-refractivity contribution in [1.29, 1.82) is 0 Å². The first-order valence-corrected chi connectivity index (χ1v) is 4.86. The van der Waals surface area contributed by atoms with Gasteiger partial charge in [-0.2, -0.15) is 5.10 Å². The second-order valence-electron chi connectivity index (χ2n) is 3.35. The molecule has 0 aliphatic heterocycles. The predicted molar refractivity (Wildman–Crippen MR) is 60.0 cm³/mol. The molecule has 1 amide bonds. The van der Waals surface area contributed by atoms with Gasteiger partial charge in [-0.3, -0.25) is 25.0 Å². The average molecular weight is 248 g/mol. The maximum Gasteiger partial charge on any atom is 0.322 e. The van der Waals surface area contributed by atoms with E-state index >= 15 is 0 Å². The van der Waals surface area contributed by atoms with Crippen molar-refractivity contribution in [2.75, 3.05) is 5.32 Å². The van der Waals surface area contributed by atoms with Crippen molar-refractivity contribution in [1.82, 2.24) is 20.2 Å². The third kappa shape index (κ3) is 2.14. The lowest BCUT2D eigenvalue weighted by molar-refractivity contribution is -0.385. The van der Waals surface area contributed by atoms with Crippen LogP contribution in [0.5, 0.6) is 0 Å². The highest BCUT2D eigenvalue weighted by atomic mass is 16.6. The van der Waals surface area contributed by atoms with Crippen molar-refractivity contribution in [2.24, 2.45) is 0 Å². The fourth-order valence-electron chi connectivity index (χ4n) is 1.34. The number of hydrogen-bond acceptors (Lipinski definition) is 6. The molecule has 0 saturated carbocycles. The normalized spacial score (nSPS) is 10.1. The molecule has 2 rings (SSSR count). The maximum absolute atomic E-state index is 11.8. The number of carbonyl (C=O) groups is 1. The molecule has 0 aliphatic rings. The summed E-state index contributed by atoms with van der Waals surface area (Å²) in [6.07, 6.45) is 4.15. The Labute approximate surface area is 100 Å². The number of H-pyrrole nitrogens is 1. The number of amides is 1. The summed E-state index contributed by atoms with van der Waals surface area (Å²) in [5.41, 5.74) is -0.427. The number of carbonyl (C=O) groups excluding carboxylic acids is 1. The molecule has 0 spiro atoms. The predicted octanol–water partition coefficient (Wildman–Crippen LogP) is 0.669. The molecule has 0 aliphatic carbocycles. The van der Waals surface area contributed by atoms with E-state index in [2.05, 4.69) is 25.5 Å². The SMILES string of the molecule is Cc1[nH]nc(C(=O)Nc2cnccn2)c1[N+](=O)[O-]. The van der Waals surface area contributed by atoms with E-state index in [-0.39, 0.29) is 22.9 Å². The molecule has 0 unspecified atom stereocenters. The molecule has 2 aromatic rings. The first-order chi connectivity index (χ1) is 8.59. The average Bonchev–Trinajstić information content (AvgIpc) is 2.72. The van der Waals surface area contributed by atoms with Crippen molar-refractivity contribution >= 4 is 17.4 Å². The number of nitrogens with zero attached hydrogens (tertiary/aromatic N) is 4. The standard InChI is InChI=1S/C9H8N6O3/c1-5-8(15(17)18)7(14-13-5)9(16)12-6-4-10-2-3-11-6/h2-4H,1H3,(H,13,14)(H,11,12,16). The number of hydrogen-bond donors (Lipinski definition) is 2. The Hall–Kier alpha value is -2.84. The molecule has 2 aromatic heterocycles. The summed E-state index contributed by atoms with van der Waals surface area (Å²) < 4.78 is 0. The van der Waals surface area contributed by atoms with Crippen molar-refractivity contribution < 1.29 is 9.72 Å². The van der Waals surface area contributed by atoms with Crippen LogP contribution >= 0.6 is 0 Å². The van der Waals surface area contributed by atoms with E-state index in [1.807, 2.05) is 0 Å². The van der Waals surface area contributed by atoms with Gasteiger partial charge in [0.05, 0.1) is 11.1 Å². The zero-order valence-electron chi connectivity index (χ0n) is 9.25. The Morgan fingerprint density at radius 3 is 2.89 bits per heavy atom. The Bertz CT molecular complexity index is 594. The van der Waals surface area contributed by atoms with Gasteiger partial charge < -0.3 is 5.32 Å². The summed E-state index contributed by atoms with van der Waals surface area (Å²) in [6, 6.07) is 0. The minimum absolute atomic E-state index is 0.192. The molecule has 2 N–H and O–H groups in total. The maximum atomic E-state index is 11.8. The van der Waals surface area contributed by atoms with Crippen LogP contribution in [0.2, 0.25) is 0 Å². The number of anilines is 1. The zero-order chi connectivity index (χ0) is 13.1. The van der Waals surface area contributed by atoms with Crippen LogP contribution in [0.1, 0.15) is 16.2 Å². The van der Waals surface area contributed by atoms with Crippen molar-refractivity contribution in [3.63, 3.8) is 0 Å². The number of nitro groups is 1. The lowest BCUT2D eigenvalue weighted by Crippen LogP contribution is -2.15. The molecule has 18 heavy (non-hydrogen) atoms. The van der Waals surface area contributed by atoms with Crippen LogP contribution in [-0.2, 0) is 0 Å². The van der Waals surface area contributed by atoms with Crippen LogP contribution in [0.25, 0.3) is 0 Å². The van der Waals surface area contributed by atoms with Crippen molar-refractivity contribution in [2.45, 2.75) is 6.92 Å². The lowest BCUT2D eigenvalue weighted by atomic mass is 10.3. The van der Waals surface area contributed by atoms with E-state index in [1.165, 1.54) is 25.5 Å². The second kappa shape index (κ2) is 4.57. The monoisotopic (exact) mass is 248 g/mol. The highest BCUT2D eigenvalue weighted by molar-refractivity contribution is 6.05. The molecule has 0 aromatic carbocycles. The molecule has 0 saturated heterocycles. The summed E-state index contributed by atoms with van der Waals surface area (Å²) in [5.74, 6) is -0.524. The van der Waals surface area contributed by atoms with Gasteiger partial charge in [0.1, 0.15) is 5.69 Å². The quantitative estimate of drug-likeness (QED) is 0.607. The van der Waals surface area contributed by atoms with Gasteiger partial charge in [0, 0.05) is 12.4 Å².